The monoisotopic (exact) mass is 491 g/mol. The first-order valence-electron chi connectivity index (χ1n) is 11.8. The van der Waals surface area contributed by atoms with Gasteiger partial charge in [0.25, 0.3) is 5.91 Å². The lowest BCUT2D eigenvalue weighted by Gasteiger charge is -2.43. The zero-order valence-electron chi connectivity index (χ0n) is 19.8. The summed E-state index contributed by atoms with van der Waals surface area (Å²) >= 11 is 0. The smallest absolute Gasteiger partial charge is 0.260 e. The SMILES string of the molecule is Cc1ccc(S(=O)(=O)N[C@@H]2CCC[C@H](N3c4ccccc4C(=O)N(C)c4ccccc43)[C@H]2O)cc1. The van der Waals surface area contributed by atoms with Gasteiger partial charge < -0.3 is 14.9 Å². The summed E-state index contributed by atoms with van der Waals surface area (Å²) in [7, 11) is -2.05. The quantitative estimate of drug-likeness (QED) is 0.576. The Kier molecular flexibility index (Phi) is 6.13. The molecule has 1 aliphatic carbocycles. The van der Waals surface area contributed by atoms with E-state index in [9.17, 15) is 18.3 Å². The van der Waals surface area contributed by atoms with Crippen LogP contribution in [-0.4, -0.2) is 44.7 Å². The van der Waals surface area contributed by atoms with E-state index in [0.717, 1.165) is 23.4 Å². The van der Waals surface area contributed by atoms with Crippen molar-refractivity contribution in [1.29, 1.82) is 0 Å². The molecular weight excluding hydrogens is 462 g/mol. The second-order valence-corrected chi connectivity index (χ2v) is 11.0. The third kappa shape index (κ3) is 4.22. The first-order chi connectivity index (χ1) is 16.8. The molecule has 0 saturated heterocycles. The maximum atomic E-state index is 13.3. The molecule has 1 amide bonds. The first-order valence-corrected chi connectivity index (χ1v) is 13.3. The molecule has 182 valence electrons. The lowest BCUT2D eigenvalue weighted by molar-refractivity contribution is 0.0812. The highest BCUT2D eigenvalue weighted by molar-refractivity contribution is 7.89. The van der Waals surface area contributed by atoms with Crippen LogP contribution in [0, 0.1) is 6.92 Å². The number of amides is 1. The van der Waals surface area contributed by atoms with Gasteiger partial charge in [-0.05, 0) is 62.6 Å². The Labute approximate surface area is 206 Å². The highest BCUT2D eigenvalue weighted by Crippen LogP contribution is 2.44. The zero-order chi connectivity index (χ0) is 24.7. The molecule has 1 fully saturated rings. The van der Waals surface area contributed by atoms with Crippen LogP contribution in [-0.2, 0) is 10.0 Å². The molecule has 1 aliphatic heterocycles. The molecule has 1 heterocycles. The lowest BCUT2D eigenvalue weighted by atomic mass is 9.86. The normalized spacial score (nSPS) is 22.4. The van der Waals surface area contributed by atoms with Gasteiger partial charge in [-0.3, -0.25) is 4.79 Å². The van der Waals surface area contributed by atoms with Gasteiger partial charge in [-0.25, -0.2) is 13.1 Å². The number of carbonyl (C=O) groups excluding carboxylic acids is 1. The molecule has 2 N–H and O–H groups in total. The molecule has 0 aromatic heterocycles. The van der Waals surface area contributed by atoms with Crippen LogP contribution in [0.25, 0.3) is 0 Å². The summed E-state index contributed by atoms with van der Waals surface area (Å²) < 4.78 is 28.9. The van der Waals surface area contributed by atoms with Crippen molar-refractivity contribution < 1.29 is 18.3 Å². The lowest BCUT2D eigenvalue weighted by Crippen LogP contribution is -2.55. The van der Waals surface area contributed by atoms with Gasteiger partial charge in [0.15, 0.2) is 0 Å². The van der Waals surface area contributed by atoms with Gasteiger partial charge in [-0.1, -0.05) is 42.0 Å². The summed E-state index contributed by atoms with van der Waals surface area (Å²) in [5, 5.41) is 11.5. The van der Waals surface area contributed by atoms with Crippen LogP contribution in [0.15, 0.2) is 77.7 Å². The highest BCUT2D eigenvalue weighted by atomic mass is 32.2. The Morgan fingerprint density at radius 2 is 1.51 bits per heavy atom. The Hall–Kier alpha value is -3.20. The molecule has 3 atom stereocenters. The summed E-state index contributed by atoms with van der Waals surface area (Å²) in [6.07, 6.45) is 0.931. The molecular formula is C27H29N3O4S. The third-order valence-electron chi connectivity index (χ3n) is 6.99. The molecule has 0 unspecified atom stereocenters. The molecule has 0 bridgehead atoms. The van der Waals surface area contributed by atoms with Crippen molar-refractivity contribution in [3.8, 4) is 0 Å². The standard InChI is InChI=1S/C27H29N3O4S/c1-18-14-16-19(17-15-18)35(33,34)28-21-9-7-13-25(26(21)31)30-22-10-4-3-8-20(22)27(32)29(2)23-11-5-6-12-24(23)30/h3-6,8,10-12,14-17,21,25-26,28,31H,7,9,13H2,1-2H3/t21-,25+,26+/m1/s1. The fourth-order valence-corrected chi connectivity index (χ4v) is 6.43. The van der Waals surface area contributed by atoms with Crippen molar-refractivity contribution in [3.05, 3.63) is 83.9 Å². The van der Waals surface area contributed by atoms with E-state index in [-0.39, 0.29) is 10.8 Å². The van der Waals surface area contributed by atoms with Crippen LogP contribution < -0.4 is 14.5 Å². The van der Waals surface area contributed by atoms with Crippen molar-refractivity contribution in [2.45, 2.75) is 49.3 Å². The third-order valence-corrected chi connectivity index (χ3v) is 8.50. The van der Waals surface area contributed by atoms with Gasteiger partial charge in [0.1, 0.15) is 0 Å². The Balaban J connectivity index is 1.53. The maximum absolute atomic E-state index is 13.3. The molecule has 35 heavy (non-hydrogen) atoms. The number of nitrogens with zero attached hydrogens (tertiary/aromatic N) is 2. The van der Waals surface area contributed by atoms with Gasteiger partial charge in [-0.15, -0.1) is 0 Å². The minimum absolute atomic E-state index is 0.127. The Morgan fingerprint density at radius 1 is 0.886 bits per heavy atom. The van der Waals surface area contributed by atoms with Crippen LogP contribution >= 0.6 is 0 Å². The van der Waals surface area contributed by atoms with E-state index in [2.05, 4.69) is 4.72 Å². The number of para-hydroxylation sites is 3. The summed E-state index contributed by atoms with van der Waals surface area (Å²) in [5.74, 6) is -0.127. The number of aliphatic hydroxyl groups is 1. The summed E-state index contributed by atoms with van der Waals surface area (Å²) in [4.78, 5) is 17.1. The van der Waals surface area contributed by atoms with Gasteiger partial charge >= 0.3 is 0 Å². The number of benzene rings is 3. The molecule has 7 nitrogen and oxygen atoms in total. The van der Waals surface area contributed by atoms with Crippen LogP contribution in [0.2, 0.25) is 0 Å². The van der Waals surface area contributed by atoms with Gasteiger partial charge in [-0.2, -0.15) is 0 Å². The number of rotatable bonds is 4. The van der Waals surface area contributed by atoms with Crippen LogP contribution in [0.1, 0.15) is 35.2 Å². The Morgan fingerprint density at radius 3 is 2.23 bits per heavy atom. The molecule has 3 aromatic rings. The minimum Gasteiger partial charge on any atom is -0.389 e. The van der Waals surface area contributed by atoms with Crippen molar-refractivity contribution in [3.63, 3.8) is 0 Å². The average Bonchev–Trinajstić information content (AvgIpc) is 2.94. The summed E-state index contributed by atoms with van der Waals surface area (Å²) in [5.41, 5.74) is 3.77. The maximum Gasteiger partial charge on any atom is 0.260 e. The fourth-order valence-electron chi connectivity index (χ4n) is 5.15. The van der Waals surface area contributed by atoms with Crippen molar-refractivity contribution in [1.82, 2.24) is 4.72 Å². The van der Waals surface area contributed by atoms with E-state index in [1.807, 2.05) is 54.3 Å². The van der Waals surface area contributed by atoms with Crippen LogP contribution in [0.4, 0.5) is 17.1 Å². The van der Waals surface area contributed by atoms with Crippen LogP contribution in [0.3, 0.4) is 0 Å². The van der Waals surface area contributed by atoms with Gasteiger partial charge in [0, 0.05) is 7.05 Å². The van der Waals surface area contributed by atoms with E-state index >= 15 is 0 Å². The van der Waals surface area contributed by atoms with Gasteiger partial charge in [0.2, 0.25) is 10.0 Å². The van der Waals surface area contributed by atoms with E-state index in [4.69, 9.17) is 0 Å². The molecule has 1 saturated carbocycles. The van der Waals surface area contributed by atoms with E-state index < -0.39 is 28.2 Å². The number of aliphatic hydroxyl groups excluding tert-OH is 1. The summed E-state index contributed by atoms with van der Waals surface area (Å²) in [6.45, 7) is 1.90. The number of aryl methyl sites for hydroxylation is 1. The predicted octanol–water partition coefficient (Wildman–Crippen LogP) is 3.98. The summed E-state index contributed by atoms with van der Waals surface area (Å²) in [6, 6.07) is 20.6. The van der Waals surface area contributed by atoms with Crippen molar-refractivity contribution in [2.24, 2.45) is 0 Å². The van der Waals surface area contributed by atoms with Crippen LogP contribution in [0.5, 0.6) is 0 Å². The second-order valence-electron chi connectivity index (χ2n) is 9.27. The topological polar surface area (TPSA) is 90.0 Å². The number of sulfonamides is 1. The minimum atomic E-state index is -3.80. The molecule has 5 rings (SSSR count). The van der Waals surface area contributed by atoms with Crippen molar-refractivity contribution in [2.75, 3.05) is 16.8 Å². The van der Waals surface area contributed by atoms with Crippen molar-refractivity contribution >= 4 is 33.0 Å². The number of hydrogen-bond donors (Lipinski definition) is 2. The molecule has 8 heteroatoms. The number of hydrogen-bond acceptors (Lipinski definition) is 5. The van der Waals surface area contributed by atoms with E-state index in [1.165, 1.54) is 0 Å². The second kappa shape index (κ2) is 9.11. The van der Waals surface area contributed by atoms with Gasteiger partial charge in [0.05, 0.1) is 45.7 Å². The van der Waals surface area contributed by atoms with E-state index in [1.54, 1.807) is 42.3 Å². The Bertz CT molecular complexity index is 1360. The largest absolute Gasteiger partial charge is 0.389 e. The number of anilines is 3. The molecule has 3 aromatic carbocycles. The fraction of sp³-hybridized carbons (Fsp3) is 0.296. The first kappa shape index (κ1) is 23.5. The average molecular weight is 492 g/mol. The predicted molar refractivity (Wildman–Crippen MR) is 137 cm³/mol. The number of carbonyl (C=O) groups is 1. The molecule has 0 radical (unpaired) electrons. The number of nitrogens with one attached hydrogen (secondary N) is 1. The number of fused-ring (bicyclic) bond motifs is 2. The van der Waals surface area contributed by atoms with E-state index in [0.29, 0.717) is 24.1 Å². The molecule has 2 aliphatic rings. The zero-order valence-corrected chi connectivity index (χ0v) is 20.6. The molecule has 0 spiro atoms. The highest BCUT2D eigenvalue weighted by Gasteiger charge is 2.41.